The molecule has 4 heteroatoms. The Bertz CT molecular complexity index is 698. The van der Waals surface area contributed by atoms with Crippen molar-refractivity contribution in [3.05, 3.63) is 65.2 Å². The lowest BCUT2D eigenvalue weighted by Crippen LogP contribution is -2.46. The molecule has 116 valence electrons. The summed E-state index contributed by atoms with van der Waals surface area (Å²) < 4.78 is 11.9. The third-order valence-electron chi connectivity index (χ3n) is 4.31. The minimum atomic E-state index is -1.43. The molecule has 0 bridgehead atoms. The molecule has 0 radical (unpaired) electrons. The summed E-state index contributed by atoms with van der Waals surface area (Å²) in [5.74, 6) is 0. The van der Waals surface area contributed by atoms with Crippen LogP contribution in [0.5, 0.6) is 0 Å². The molecule has 1 aliphatic carbocycles. The van der Waals surface area contributed by atoms with Crippen molar-refractivity contribution in [2.24, 2.45) is 0 Å². The number of aliphatic hydroxyl groups is 1. The molecule has 3 atom stereocenters. The summed E-state index contributed by atoms with van der Waals surface area (Å²) in [6.07, 6.45) is 1.76. The second-order valence-corrected chi connectivity index (χ2v) is 8.21. The highest BCUT2D eigenvalue weighted by Crippen LogP contribution is 2.36. The number of halogens is 1. The Kier molecular flexibility index (Phi) is 4.40. The monoisotopic (exact) mass is 334 g/mol. The van der Waals surface area contributed by atoms with Crippen LogP contribution in [0.15, 0.2) is 53.4 Å². The van der Waals surface area contributed by atoms with Gasteiger partial charge in [0.15, 0.2) is 0 Å². The van der Waals surface area contributed by atoms with Crippen LogP contribution in [0, 0.1) is 6.92 Å². The van der Waals surface area contributed by atoms with Crippen LogP contribution in [0.2, 0.25) is 0 Å². The van der Waals surface area contributed by atoms with E-state index in [0.717, 1.165) is 17.5 Å². The first-order valence-electron chi connectivity index (χ1n) is 7.40. The maximum absolute atomic E-state index is 12.7. The Morgan fingerprint density at radius 1 is 1.14 bits per heavy atom. The van der Waals surface area contributed by atoms with Crippen LogP contribution in [-0.2, 0) is 23.6 Å². The molecule has 2 aromatic carbocycles. The van der Waals surface area contributed by atoms with Gasteiger partial charge < -0.3 is 5.11 Å². The fraction of sp³-hybridized carbons (Fsp3) is 0.333. The Hall–Kier alpha value is -1.16. The summed E-state index contributed by atoms with van der Waals surface area (Å²) in [5.41, 5.74) is 2.32. The molecule has 2 nitrogen and oxygen atoms in total. The molecule has 0 fully saturated rings. The van der Waals surface area contributed by atoms with Crippen molar-refractivity contribution in [1.29, 1.82) is 0 Å². The molecular formula is C18H19ClO2S. The van der Waals surface area contributed by atoms with Gasteiger partial charge in [0, 0.05) is 11.3 Å². The average molecular weight is 335 g/mol. The predicted octanol–water partition coefficient (Wildman–Crippen LogP) is 3.59. The fourth-order valence-electron chi connectivity index (χ4n) is 2.93. The maximum Gasteiger partial charge on any atom is 0.142 e. The van der Waals surface area contributed by atoms with Crippen molar-refractivity contribution in [1.82, 2.24) is 0 Å². The molecule has 0 aromatic heterocycles. The fourth-order valence-corrected chi connectivity index (χ4v) is 4.67. The van der Waals surface area contributed by atoms with Crippen LogP contribution in [0.4, 0.5) is 0 Å². The summed E-state index contributed by atoms with van der Waals surface area (Å²) >= 11 is 6.44. The maximum atomic E-state index is 12.7. The molecule has 3 rings (SSSR count). The van der Waals surface area contributed by atoms with Gasteiger partial charge in [0.2, 0.25) is 0 Å². The number of hydrogen-bond acceptors (Lipinski definition) is 2. The van der Waals surface area contributed by atoms with Gasteiger partial charge in [-0.1, -0.05) is 42.0 Å². The minimum absolute atomic E-state index is 0.453. The van der Waals surface area contributed by atoms with Gasteiger partial charge in [0.1, 0.15) is 4.71 Å². The number of benzene rings is 2. The Morgan fingerprint density at radius 2 is 1.77 bits per heavy atom. The van der Waals surface area contributed by atoms with Gasteiger partial charge in [0.05, 0.1) is 16.4 Å². The van der Waals surface area contributed by atoms with Crippen LogP contribution in [0.25, 0.3) is 0 Å². The molecule has 0 aliphatic heterocycles. The van der Waals surface area contributed by atoms with E-state index in [9.17, 15) is 9.32 Å². The molecule has 1 aliphatic rings. The molecule has 3 unspecified atom stereocenters. The van der Waals surface area contributed by atoms with Crippen molar-refractivity contribution in [2.45, 2.75) is 41.4 Å². The zero-order chi connectivity index (χ0) is 15.7. The first-order chi connectivity index (χ1) is 10.5. The largest absolute Gasteiger partial charge is 0.387 e. The quantitative estimate of drug-likeness (QED) is 0.871. The topological polar surface area (TPSA) is 37.3 Å². The van der Waals surface area contributed by atoms with Crippen LogP contribution in [-0.4, -0.2) is 19.6 Å². The van der Waals surface area contributed by atoms with E-state index in [0.29, 0.717) is 17.7 Å². The first kappa shape index (κ1) is 15.7. The SMILES string of the molecule is Cc1ccc(S(=O)C(Cl)C2(O)CCc3ccccc3C2)cc1. The Balaban J connectivity index is 1.84. The Morgan fingerprint density at radius 3 is 2.45 bits per heavy atom. The summed E-state index contributed by atoms with van der Waals surface area (Å²) in [5, 5.41) is 10.9. The lowest BCUT2D eigenvalue weighted by atomic mass is 9.81. The second kappa shape index (κ2) is 6.15. The van der Waals surface area contributed by atoms with Gasteiger partial charge in [-0.3, -0.25) is 4.21 Å². The first-order valence-corrected chi connectivity index (χ1v) is 9.05. The number of hydrogen-bond donors (Lipinski definition) is 1. The molecule has 0 saturated carbocycles. The molecule has 0 heterocycles. The van der Waals surface area contributed by atoms with Crippen molar-refractivity contribution in [2.75, 3.05) is 0 Å². The van der Waals surface area contributed by atoms with Gasteiger partial charge in [-0.25, -0.2) is 0 Å². The van der Waals surface area contributed by atoms with Gasteiger partial charge >= 0.3 is 0 Å². The zero-order valence-corrected chi connectivity index (χ0v) is 14.0. The van der Waals surface area contributed by atoms with Crippen LogP contribution >= 0.6 is 11.6 Å². The summed E-state index contributed by atoms with van der Waals surface area (Å²) in [6, 6.07) is 15.5. The summed E-state index contributed by atoms with van der Waals surface area (Å²) in [7, 11) is -1.43. The van der Waals surface area contributed by atoms with Crippen LogP contribution < -0.4 is 0 Å². The van der Waals surface area contributed by atoms with Gasteiger partial charge in [-0.05, 0) is 43.0 Å². The Labute approximate surface area is 138 Å². The molecule has 22 heavy (non-hydrogen) atoms. The summed E-state index contributed by atoms with van der Waals surface area (Å²) in [4.78, 5) is 0.665. The van der Waals surface area contributed by atoms with Gasteiger partial charge in [-0.2, -0.15) is 0 Å². The van der Waals surface area contributed by atoms with E-state index in [-0.39, 0.29) is 0 Å². The van der Waals surface area contributed by atoms with Crippen molar-refractivity contribution < 1.29 is 9.32 Å². The van der Waals surface area contributed by atoms with E-state index in [4.69, 9.17) is 11.6 Å². The number of aryl methyl sites for hydroxylation is 2. The zero-order valence-electron chi connectivity index (χ0n) is 12.5. The lowest BCUT2D eigenvalue weighted by Gasteiger charge is -2.36. The summed E-state index contributed by atoms with van der Waals surface area (Å²) in [6.45, 7) is 1.98. The smallest absolute Gasteiger partial charge is 0.142 e. The predicted molar refractivity (Wildman–Crippen MR) is 90.6 cm³/mol. The highest BCUT2D eigenvalue weighted by molar-refractivity contribution is 7.87. The highest BCUT2D eigenvalue weighted by atomic mass is 35.5. The van der Waals surface area contributed by atoms with Crippen LogP contribution in [0.3, 0.4) is 0 Å². The molecule has 0 spiro atoms. The number of alkyl halides is 1. The minimum Gasteiger partial charge on any atom is -0.387 e. The van der Waals surface area contributed by atoms with E-state index in [1.165, 1.54) is 5.56 Å². The second-order valence-electron chi connectivity index (χ2n) is 5.98. The third kappa shape index (κ3) is 2.98. The van der Waals surface area contributed by atoms with Gasteiger partial charge in [0.25, 0.3) is 0 Å². The van der Waals surface area contributed by atoms with Crippen molar-refractivity contribution in [3.63, 3.8) is 0 Å². The molecule has 2 aromatic rings. The van der Waals surface area contributed by atoms with Crippen LogP contribution in [0.1, 0.15) is 23.1 Å². The van der Waals surface area contributed by atoms with Crippen molar-refractivity contribution >= 4 is 22.4 Å². The lowest BCUT2D eigenvalue weighted by molar-refractivity contribution is 0.0405. The number of rotatable bonds is 3. The molecule has 0 amide bonds. The normalized spacial score (nSPS) is 23.6. The van der Waals surface area contributed by atoms with Crippen molar-refractivity contribution in [3.8, 4) is 0 Å². The molecular weight excluding hydrogens is 316 g/mol. The van der Waals surface area contributed by atoms with E-state index < -0.39 is 21.1 Å². The third-order valence-corrected chi connectivity index (χ3v) is 6.75. The number of fused-ring (bicyclic) bond motifs is 1. The van der Waals surface area contributed by atoms with Gasteiger partial charge in [-0.15, -0.1) is 11.6 Å². The van der Waals surface area contributed by atoms with E-state index in [2.05, 4.69) is 6.07 Å². The van der Waals surface area contributed by atoms with E-state index in [1.54, 1.807) is 0 Å². The molecule has 0 saturated heterocycles. The molecule has 1 N–H and O–H groups in total. The van der Waals surface area contributed by atoms with E-state index >= 15 is 0 Å². The van der Waals surface area contributed by atoms with E-state index in [1.807, 2.05) is 49.4 Å². The highest BCUT2D eigenvalue weighted by Gasteiger charge is 2.42. The average Bonchev–Trinajstić information content (AvgIpc) is 2.54. The standard InChI is InChI=1S/C18H19ClO2S/c1-13-6-8-16(9-7-13)22(21)17(19)18(20)11-10-14-4-2-3-5-15(14)12-18/h2-9,17,20H,10-12H2,1H3.